The van der Waals surface area contributed by atoms with Gasteiger partial charge in [-0.25, -0.2) is 4.79 Å². The molecule has 56 heavy (non-hydrogen) atoms. The van der Waals surface area contributed by atoms with Crippen molar-refractivity contribution in [2.45, 2.75) is 102 Å². The highest BCUT2D eigenvalue weighted by Gasteiger charge is 2.54. The number of benzene rings is 3. The molecule has 3 aromatic rings. The number of hydroxylamine groups is 1. The lowest BCUT2D eigenvalue weighted by molar-refractivity contribution is -0.143. The van der Waals surface area contributed by atoms with Crippen LogP contribution in [0.5, 0.6) is 0 Å². The van der Waals surface area contributed by atoms with Gasteiger partial charge < -0.3 is 30.3 Å². The Morgan fingerprint density at radius 2 is 1.57 bits per heavy atom. The number of hydrogen-bond donors (Lipinski definition) is 4. The third kappa shape index (κ3) is 8.17. The fourth-order valence-corrected chi connectivity index (χ4v) is 8.21. The predicted molar refractivity (Wildman–Crippen MR) is 212 cm³/mol. The number of carbonyl (C=O) groups excluding carboxylic acids is 4. The molecule has 2 aliphatic heterocycles. The summed E-state index contributed by atoms with van der Waals surface area (Å²) in [6.45, 7) is 7.69. The largest absolute Gasteiger partial charge is 0.449 e. The van der Waals surface area contributed by atoms with Crippen LogP contribution < -0.4 is 21.4 Å². The Kier molecular flexibility index (Phi) is 11.2. The van der Waals surface area contributed by atoms with Crippen LogP contribution in [0, 0.1) is 5.41 Å². The van der Waals surface area contributed by atoms with E-state index in [0.717, 1.165) is 46.4 Å². The van der Waals surface area contributed by atoms with Crippen molar-refractivity contribution >= 4 is 29.5 Å². The third-order valence-electron chi connectivity index (χ3n) is 11.2. The van der Waals surface area contributed by atoms with Gasteiger partial charge in [0.05, 0.1) is 18.3 Å². The molecule has 7 rings (SSSR count). The molecule has 0 aromatic heterocycles. The van der Waals surface area contributed by atoms with Crippen LogP contribution in [0.15, 0.2) is 84.9 Å². The molecule has 4 amide bonds. The number of ether oxygens (including phenoxy) is 2. The molecule has 2 heterocycles. The summed E-state index contributed by atoms with van der Waals surface area (Å²) in [6, 6.07) is 23.3. The molecule has 12 heteroatoms. The van der Waals surface area contributed by atoms with Gasteiger partial charge in [0.1, 0.15) is 24.3 Å². The minimum absolute atomic E-state index is 0.0422. The van der Waals surface area contributed by atoms with Gasteiger partial charge in [0.2, 0.25) is 11.8 Å². The number of carbonyl (C=O) groups is 4. The summed E-state index contributed by atoms with van der Waals surface area (Å²) in [5.41, 5.74) is 7.22. The highest BCUT2D eigenvalue weighted by atomic mass is 16.7. The Hall–Kier alpha value is -5.20. The van der Waals surface area contributed by atoms with Gasteiger partial charge in [0.25, 0.3) is 5.91 Å². The molecule has 4 aliphatic rings. The van der Waals surface area contributed by atoms with Crippen LogP contribution in [0.1, 0.15) is 82.4 Å². The first-order valence-electron chi connectivity index (χ1n) is 19.7. The van der Waals surface area contributed by atoms with Gasteiger partial charge in [-0.15, -0.1) is 0 Å². The molecule has 5 atom stereocenters. The van der Waals surface area contributed by atoms with E-state index in [4.69, 9.17) is 14.3 Å². The molecular weight excluding hydrogens is 711 g/mol. The SMILES string of the molecule is CCC[C@H](NC(=O)[C@@H]1CC2(C=C(c3ccccc3)NO2)CN1C(=O)[C@@H](NC(=O)OCC1c2ccccc2-c2ccccc21)C(C)(C)C)C(OC)C(=O)NC1CC1. The standard InChI is InChI=1S/C44H53N5O7/c1-6-14-34(37(54-5)40(51)45-28-21-22-28)46-39(50)36-24-44(23-35(48-56-44)27-15-8-7-9-16-27)26-49(36)41(52)38(43(2,3)4)47-42(53)55-25-33-31-19-12-10-17-29(31)30-18-11-13-20-32(30)33/h7-13,15-20,23,28,33-34,36-38,48H,6,14,21-22,24-26H2,1-5H3,(H,45,51)(H,46,50)(H,47,53)/t34-,36-,37?,38+,44?/m0/s1. The number of amides is 4. The fourth-order valence-electron chi connectivity index (χ4n) is 8.21. The van der Waals surface area contributed by atoms with Gasteiger partial charge in [-0.2, -0.15) is 0 Å². The maximum Gasteiger partial charge on any atom is 0.407 e. The maximum atomic E-state index is 14.9. The van der Waals surface area contributed by atoms with Crippen LogP contribution in [-0.4, -0.2) is 84.8 Å². The zero-order valence-corrected chi connectivity index (χ0v) is 32.8. The Labute approximate surface area is 328 Å². The molecule has 2 aliphatic carbocycles. The molecule has 1 saturated carbocycles. The van der Waals surface area contributed by atoms with Crippen molar-refractivity contribution in [3.63, 3.8) is 0 Å². The highest BCUT2D eigenvalue weighted by Crippen LogP contribution is 2.45. The smallest absolute Gasteiger partial charge is 0.407 e. The molecule has 4 N–H and O–H groups in total. The van der Waals surface area contributed by atoms with E-state index in [1.54, 1.807) is 0 Å². The number of methoxy groups -OCH3 is 1. The first-order chi connectivity index (χ1) is 26.9. The number of nitrogens with zero attached hydrogens (tertiary/aromatic N) is 1. The Morgan fingerprint density at radius 3 is 2.18 bits per heavy atom. The number of rotatable bonds is 13. The molecule has 0 radical (unpaired) electrons. The maximum absolute atomic E-state index is 14.9. The lowest BCUT2D eigenvalue weighted by Gasteiger charge is -2.36. The second-order valence-electron chi connectivity index (χ2n) is 16.5. The van der Waals surface area contributed by atoms with Gasteiger partial charge in [0, 0.05) is 25.5 Å². The van der Waals surface area contributed by atoms with Gasteiger partial charge >= 0.3 is 6.09 Å². The molecule has 1 spiro atoms. The van der Waals surface area contributed by atoms with Crippen molar-refractivity contribution in [2.24, 2.45) is 5.41 Å². The Balaban J connectivity index is 1.12. The topological polar surface area (TPSA) is 147 Å². The molecule has 0 bridgehead atoms. The molecule has 2 fully saturated rings. The van der Waals surface area contributed by atoms with Crippen LogP contribution in [0.25, 0.3) is 16.8 Å². The first-order valence-corrected chi connectivity index (χ1v) is 19.7. The number of hydrogen-bond acceptors (Lipinski definition) is 8. The van der Waals surface area contributed by atoms with Gasteiger partial charge in [-0.1, -0.05) is 113 Å². The number of nitrogens with one attached hydrogen (secondary N) is 4. The molecule has 3 aromatic carbocycles. The summed E-state index contributed by atoms with van der Waals surface area (Å²) < 4.78 is 11.5. The lowest BCUT2D eigenvalue weighted by atomic mass is 9.85. The Bertz CT molecular complexity index is 1930. The average Bonchev–Trinajstić information content (AvgIpc) is 3.64. The van der Waals surface area contributed by atoms with E-state index in [-0.39, 0.29) is 37.4 Å². The van der Waals surface area contributed by atoms with Crippen LogP contribution in [0.2, 0.25) is 0 Å². The quantitative estimate of drug-likeness (QED) is 0.180. The Morgan fingerprint density at radius 1 is 0.929 bits per heavy atom. The summed E-state index contributed by atoms with van der Waals surface area (Å²) in [4.78, 5) is 63.9. The molecular formula is C44H53N5O7. The minimum atomic E-state index is -1.06. The number of alkyl carbamates (subject to hydrolysis) is 1. The highest BCUT2D eigenvalue weighted by molar-refractivity contribution is 5.93. The molecule has 12 nitrogen and oxygen atoms in total. The van der Waals surface area contributed by atoms with E-state index in [1.807, 2.05) is 101 Å². The van der Waals surface area contributed by atoms with Crippen molar-refractivity contribution in [1.82, 2.24) is 26.3 Å². The van der Waals surface area contributed by atoms with Crippen molar-refractivity contribution in [2.75, 3.05) is 20.3 Å². The summed E-state index contributed by atoms with van der Waals surface area (Å²) in [7, 11) is 1.46. The normalized spacial score (nSPS) is 21.6. The molecule has 296 valence electrons. The summed E-state index contributed by atoms with van der Waals surface area (Å²) in [5.74, 6) is -1.31. The van der Waals surface area contributed by atoms with Crippen molar-refractivity contribution < 1.29 is 33.5 Å². The van der Waals surface area contributed by atoms with E-state index in [1.165, 1.54) is 12.0 Å². The minimum Gasteiger partial charge on any atom is -0.449 e. The zero-order valence-electron chi connectivity index (χ0n) is 32.8. The van der Waals surface area contributed by atoms with Gasteiger partial charge in [-0.05, 0) is 58.6 Å². The third-order valence-corrected chi connectivity index (χ3v) is 11.2. The number of likely N-dealkylation sites (tertiary alicyclic amines) is 1. The summed E-state index contributed by atoms with van der Waals surface area (Å²) >= 11 is 0. The fraction of sp³-hybridized carbons (Fsp3) is 0.455. The second-order valence-corrected chi connectivity index (χ2v) is 16.5. The summed E-state index contributed by atoms with van der Waals surface area (Å²) in [6.07, 6.45) is 3.42. The molecule has 1 saturated heterocycles. The predicted octanol–water partition coefficient (Wildman–Crippen LogP) is 5.43. The van der Waals surface area contributed by atoms with Crippen molar-refractivity contribution in [1.29, 1.82) is 0 Å². The van der Waals surface area contributed by atoms with E-state index in [0.29, 0.717) is 12.8 Å². The van der Waals surface area contributed by atoms with E-state index in [2.05, 4.69) is 33.6 Å². The van der Waals surface area contributed by atoms with E-state index in [9.17, 15) is 19.2 Å². The van der Waals surface area contributed by atoms with Crippen LogP contribution in [-0.2, 0) is 28.7 Å². The van der Waals surface area contributed by atoms with Gasteiger partial charge in [-0.3, -0.25) is 24.7 Å². The zero-order chi connectivity index (χ0) is 39.6. The molecule has 2 unspecified atom stereocenters. The van der Waals surface area contributed by atoms with Crippen LogP contribution in [0.3, 0.4) is 0 Å². The number of fused-ring (bicyclic) bond motifs is 3. The van der Waals surface area contributed by atoms with Gasteiger partial charge in [0.15, 0.2) is 6.10 Å². The van der Waals surface area contributed by atoms with Crippen LogP contribution >= 0.6 is 0 Å². The monoisotopic (exact) mass is 763 g/mol. The van der Waals surface area contributed by atoms with Crippen molar-refractivity contribution in [3.8, 4) is 11.1 Å². The summed E-state index contributed by atoms with van der Waals surface area (Å²) in [5, 5.41) is 8.95. The lowest BCUT2D eigenvalue weighted by Crippen LogP contribution is -2.59. The second kappa shape index (κ2) is 16.1. The first kappa shape index (κ1) is 39.1. The van der Waals surface area contributed by atoms with Crippen molar-refractivity contribution in [3.05, 3.63) is 102 Å². The average molecular weight is 764 g/mol. The van der Waals surface area contributed by atoms with Crippen LogP contribution in [0.4, 0.5) is 4.79 Å². The van der Waals surface area contributed by atoms with E-state index < -0.39 is 53.2 Å². The van der Waals surface area contributed by atoms with E-state index >= 15 is 0 Å².